The predicted octanol–water partition coefficient (Wildman–Crippen LogP) is 5.01. The smallest absolute Gasteiger partial charge is 0.163 e. The summed E-state index contributed by atoms with van der Waals surface area (Å²) in [5.41, 5.74) is 3.55. The normalized spacial score (nSPS) is 47.1. The van der Waals surface area contributed by atoms with E-state index < -0.39 is 0 Å². The molecule has 1 aliphatic heterocycles. The lowest BCUT2D eigenvalue weighted by atomic mass is 9.62. The summed E-state index contributed by atoms with van der Waals surface area (Å²) < 4.78 is 6.84. The van der Waals surface area contributed by atoms with Crippen molar-refractivity contribution in [3.63, 3.8) is 0 Å². The van der Waals surface area contributed by atoms with E-state index in [1.807, 2.05) is 6.08 Å². The third-order valence-corrected chi connectivity index (χ3v) is 8.38. The van der Waals surface area contributed by atoms with Gasteiger partial charge in [-0.15, -0.1) is 0 Å². The first kappa shape index (κ1) is 20.1. The fraction of sp³-hybridized carbons (Fsp3) is 0.720. The molecule has 0 aromatic heterocycles. The molecule has 1 N–H and O–H groups in total. The van der Waals surface area contributed by atoms with E-state index in [-0.39, 0.29) is 41.3 Å². The van der Waals surface area contributed by atoms with Crippen LogP contribution in [0.15, 0.2) is 34.9 Å². The van der Waals surface area contributed by atoms with Crippen molar-refractivity contribution in [2.24, 2.45) is 29.1 Å². The van der Waals surface area contributed by atoms with E-state index in [9.17, 15) is 9.90 Å². The van der Waals surface area contributed by atoms with Gasteiger partial charge in [-0.05, 0) is 87.7 Å². The minimum absolute atomic E-state index is 0.0126. The number of carbonyl (C=O) groups is 1. The molecule has 1 saturated carbocycles. The third kappa shape index (κ3) is 2.97. The van der Waals surface area contributed by atoms with Crippen molar-refractivity contribution in [3.8, 4) is 0 Å². The van der Waals surface area contributed by atoms with Gasteiger partial charge in [0.05, 0.1) is 24.2 Å². The van der Waals surface area contributed by atoms with Crippen LogP contribution in [0.3, 0.4) is 0 Å². The van der Waals surface area contributed by atoms with Crippen molar-refractivity contribution in [3.05, 3.63) is 34.9 Å². The quantitative estimate of drug-likeness (QED) is 0.681. The molecule has 0 aromatic carbocycles. The first-order valence-corrected chi connectivity index (χ1v) is 11.0. The number of fused-ring (bicyclic) bond motifs is 3. The first-order chi connectivity index (χ1) is 13.2. The average molecular weight is 385 g/mol. The minimum Gasteiger partial charge on any atom is -0.392 e. The van der Waals surface area contributed by atoms with Crippen LogP contribution in [-0.2, 0) is 9.53 Å². The summed E-state index contributed by atoms with van der Waals surface area (Å²) in [6, 6.07) is 0. The molecule has 0 aromatic rings. The van der Waals surface area contributed by atoms with Gasteiger partial charge in [0, 0.05) is 0 Å². The maximum atomic E-state index is 12.6. The van der Waals surface area contributed by atoms with Crippen molar-refractivity contribution in [1.29, 1.82) is 0 Å². The molecule has 4 aliphatic rings. The largest absolute Gasteiger partial charge is 0.392 e. The van der Waals surface area contributed by atoms with Crippen LogP contribution in [0, 0.1) is 29.1 Å². The zero-order chi connectivity index (χ0) is 20.3. The van der Waals surface area contributed by atoms with E-state index in [0.717, 1.165) is 37.7 Å². The monoisotopic (exact) mass is 384 g/mol. The summed E-state index contributed by atoms with van der Waals surface area (Å²) in [4.78, 5) is 12.6. The van der Waals surface area contributed by atoms with Crippen molar-refractivity contribution < 1.29 is 14.6 Å². The number of ether oxygens (including phenoxy) is 1. The van der Waals surface area contributed by atoms with Gasteiger partial charge in [0.25, 0.3) is 0 Å². The molecule has 0 radical (unpaired) electrons. The van der Waals surface area contributed by atoms with Crippen LogP contribution in [-0.4, -0.2) is 29.2 Å². The Morgan fingerprint density at radius 1 is 1.36 bits per heavy atom. The lowest BCUT2D eigenvalue weighted by Gasteiger charge is -2.44. The molecule has 3 nitrogen and oxygen atoms in total. The summed E-state index contributed by atoms with van der Waals surface area (Å²) >= 11 is 0. The molecule has 154 valence electrons. The Morgan fingerprint density at radius 2 is 2.11 bits per heavy atom. The van der Waals surface area contributed by atoms with Crippen LogP contribution in [0.1, 0.15) is 66.7 Å². The Bertz CT molecular complexity index is 756. The number of carbonyl (C=O) groups excluding carboxylic acids is 1. The molecule has 3 heteroatoms. The highest BCUT2D eigenvalue weighted by atomic mass is 16.5. The highest BCUT2D eigenvalue weighted by Gasteiger charge is 2.61. The summed E-state index contributed by atoms with van der Waals surface area (Å²) in [5.74, 6) is 1.25. The molecule has 1 saturated heterocycles. The topological polar surface area (TPSA) is 46.5 Å². The summed E-state index contributed by atoms with van der Waals surface area (Å²) in [6.45, 7) is 11.2. The Balaban J connectivity index is 1.72. The van der Waals surface area contributed by atoms with Crippen LogP contribution in [0.25, 0.3) is 0 Å². The SMILES string of the molecule is CC(C)=C[C@@H]1C[C@H](C)[C@]2(CC[C@]3(C)C[C@@H]4C(C)=CC(=O)[C@H]4/C(CO)=C\C[C@H]32)O1. The van der Waals surface area contributed by atoms with Gasteiger partial charge in [-0.3, -0.25) is 4.79 Å². The van der Waals surface area contributed by atoms with E-state index in [2.05, 4.69) is 46.8 Å². The van der Waals surface area contributed by atoms with E-state index >= 15 is 0 Å². The lowest BCUT2D eigenvalue weighted by molar-refractivity contribution is -0.118. The van der Waals surface area contributed by atoms with Gasteiger partial charge in [0.15, 0.2) is 5.78 Å². The summed E-state index contributed by atoms with van der Waals surface area (Å²) in [7, 11) is 0. The van der Waals surface area contributed by atoms with Gasteiger partial charge in [0.1, 0.15) is 0 Å². The fourth-order valence-electron chi connectivity index (χ4n) is 7.01. The number of aliphatic hydroxyl groups excluding tert-OH is 1. The van der Waals surface area contributed by atoms with Crippen LogP contribution < -0.4 is 0 Å². The van der Waals surface area contributed by atoms with Gasteiger partial charge in [0.2, 0.25) is 0 Å². The van der Waals surface area contributed by atoms with Gasteiger partial charge in [-0.25, -0.2) is 0 Å². The second-order valence-corrected chi connectivity index (χ2v) is 10.5. The molecule has 1 heterocycles. The second-order valence-electron chi connectivity index (χ2n) is 10.5. The number of hydrogen-bond donors (Lipinski definition) is 1. The molecule has 0 amide bonds. The molecule has 2 fully saturated rings. The van der Waals surface area contributed by atoms with Gasteiger partial charge >= 0.3 is 0 Å². The number of ketones is 1. The van der Waals surface area contributed by atoms with E-state index in [0.29, 0.717) is 11.8 Å². The number of hydrogen-bond acceptors (Lipinski definition) is 3. The zero-order valence-electron chi connectivity index (χ0n) is 18.1. The average Bonchev–Trinajstić information content (AvgIpc) is 3.14. The molecule has 3 aliphatic carbocycles. The van der Waals surface area contributed by atoms with E-state index in [1.165, 1.54) is 11.1 Å². The standard InChI is InChI=1S/C25H36O3/c1-15(2)10-19-12-17(4)25(28-19)9-8-24(5)13-20-16(3)11-21(27)23(20)18(14-26)6-7-22(24)25/h6,10-11,17,19-20,22-23,26H,7-9,12-14H2,1-5H3/b18-6-/t17-,19+,20+,22+,23-,24+,25-/m0/s1. The Kier molecular flexibility index (Phi) is 4.99. The summed E-state index contributed by atoms with van der Waals surface area (Å²) in [5, 5.41) is 10.0. The van der Waals surface area contributed by atoms with Crippen molar-refractivity contribution in [2.45, 2.75) is 78.4 Å². The van der Waals surface area contributed by atoms with Gasteiger partial charge in [-0.1, -0.05) is 37.1 Å². The van der Waals surface area contributed by atoms with Gasteiger partial charge in [-0.2, -0.15) is 0 Å². The number of rotatable bonds is 2. The molecule has 4 rings (SSSR count). The van der Waals surface area contributed by atoms with Gasteiger partial charge < -0.3 is 9.84 Å². The number of allylic oxidation sites excluding steroid dienone is 4. The molecule has 1 spiro atoms. The molecule has 0 bridgehead atoms. The molecule has 28 heavy (non-hydrogen) atoms. The van der Waals surface area contributed by atoms with Crippen LogP contribution in [0.4, 0.5) is 0 Å². The second kappa shape index (κ2) is 6.95. The van der Waals surface area contributed by atoms with E-state index in [1.54, 1.807) is 0 Å². The maximum Gasteiger partial charge on any atom is 0.163 e. The van der Waals surface area contributed by atoms with Crippen LogP contribution in [0.2, 0.25) is 0 Å². The van der Waals surface area contributed by atoms with Crippen molar-refractivity contribution in [1.82, 2.24) is 0 Å². The Hall–Kier alpha value is -1.19. The van der Waals surface area contributed by atoms with Crippen molar-refractivity contribution >= 4 is 5.78 Å². The Labute approximate surface area is 169 Å². The highest BCUT2D eigenvalue weighted by Crippen LogP contribution is 2.63. The van der Waals surface area contributed by atoms with Crippen LogP contribution in [0.5, 0.6) is 0 Å². The predicted molar refractivity (Wildman–Crippen MR) is 112 cm³/mol. The minimum atomic E-state index is -0.139. The molecule has 0 unspecified atom stereocenters. The van der Waals surface area contributed by atoms with Crippen molar-refractivity contribution in [2.75, 3.05) is 6.61 Å². The maximum absolute atomic E-state index is 12.6. The summed E-state index contributed by atoms with van der Waals surface area (Å²) in [6.07, 6.45) is 11.8. The highest BCUT2D eigenvalue weighted by molar-refractivity contribution is 5.97. The molecular weight excluding hydrogens is 348 g/mol. The molecular formula is C25H36O3. The Morgan fingerprint density at radius 3 is 2.79 bits per heavy atom. The lowest BCUT2D eigenvalue weighted by Crippen LogP contribution is -2.44. The molecule has 7 atom stereocenters. The third-order valence-electron chi connectivity index (χ3n) is 8.38. The number of aliphatic hydroxyl groups is 1. The van der Waals surface area contributed by atoms with Crippen LogP contribution >= 0.6 is 0 Å². The first-order valence-electron chi connectivity index (χ1n) is 11.0. The zero-order valence-corrected chi connectivity index (χ0v) is 18.1. The fourth-order valence-corrected chi connectivity index (χ4v) is 7.01. The van der Waals surface area contributed by atoms with E-state index in [4.69, 9.17) is 4.74 Å².